The normalized spacial score (nSPS) is 21.5. The van der Waals surface area contributed by atoms with Crippen LogP contribution < -0.4 is 5.32 Å². The predicted octanol–water partition coefficient (Wildman–Crippen LogP) is 4.00. The van der Waals surface area contributed by atoms with Crippen LogP contribution in [0.25, 0.3) is 11.0 Å². The van der Waals surface area contributed by atoms with Crippen LogP contribution in [0.4, 0.5) is 0 Å². The molecular weight excluding hydrogens is 370 g/mol. The van der Waals surface area contributed by atoms with Crippen molar-refractivity contribution >= 4 is 22.6 Å². The van der Waals surface area contributed by atoms with Gasteiger partial charge in [-0.15, -0.1) is 0 Å². The lowest BCUT2D eigenvalue weighted by Gasteiger charge is -2.34. The van der Waals surface area contributed by atoms with Gasteiger partial charge in [-0.25, -0.2) is 9.97 Å². The molecule has 2 fully saturated rings. The van der Waals surface area contributed by atoms with Gasteiger partial charge in [0.15, 0.2) is 0 Å². The number of aromatic nitrogens is 3. The number of para-hydroxylation sites is 2. The van der Waals surface area contributed by atoms with Gasteiger partial charge in [-0.2, -0.15) is 0 Å². The van der Waals surface area contributed by atoms with Gasteiger partial charge in [0.05, 0.1) is 11.0 Å². The average Bonchev–Trinajstić information content (AvgIpc) is 3.36. The molecule has 3 aromatic rings. The monoisotopic (exact) mass is 395 g/mol. The van der Waals surface area contributed by atoms with Crippen LogP contribution in [0.15, 0.2) is 42.6 Å². The molecule has 2 saturated heterocycles. The molecule has 0 bridgehead atoms. The molecule has 28 heavy (non-hydrogen) atoms. The van der Waals surface area contributed by atoms with Crippen LogP contribution in [0.1, 0.15) is 42.6 Å². The maximum absolute atomic E-state index is 6.04. The summed E-state index contributed by atoms with van der Waals surface area (Å²) in [5.74, 6) is 1.81. The lowest BCUT2D eigenvalue weighted by Crippen LogP contribution is -2.34. The lowest BCUT2D eigenvalue weighted by molar-refractivity contribution is 0.179. The Balaban J connectivity index is 1.36. The molecule has 0 radical (unpaired) electrons. The quantitative estimate of drug-likeness (QED) is 0.678. The highest BCUT2D eigenvalue weighted by molar-refractivity contribution is 6.29. The van der Waals surface area contributed by atoms with Crippen molar-refractivity contribution in [2.75, 3.05) is 26.2 Å². The van der Waals surface area contributed by atoms with Crippen LogP contribution >= 0.6 is 11.6 Å². The summed E-state index contributed by atoms with van der Waals surface area (Å²) < 4.78 is 2.56. The first kappa shape index (κ1) is 18.1. The van der Waals surface area contributed by atoms with Crippen LogP contribution in [0.2, 0.25) is 5.15 Å². The molecule has 2 aliphatic heterocycles. The Morgan fingerprint density at radius 1 is 1.11 bits per heavy atom. The lowest BCUT2D eigenvalue weighted by atomic mass is 10.0. The second-order valence-corrected chi connectivity index (χ2v) is 8.40. The van der Waals surface area contributed by atoms with Crippen molar-refractivity contribution in [3.63, 3.8) is 0 Å². The van der Waals surface area contributed by atoms with Crippen LogP contribution in [0.3, 0.4) is 0 Å². The minimum Gasteiger partial charge on any atom is -0.324 e. The van der Waals surface area contributed by atoms with Gasteiger partial charge in [-0.1, -0.05) is 23.7 Å². The van der Waals surface area contributed by atoms with E-state index < -0.39 is 0 Å². The molecule has 1 unspecified atom stereocenters. The molecule has 2 aliphatic rings. The van der Waals surface area contributed by atoms with Crippen LogP contribution in [-0.2, 0) is 6.54 Å². The molecule has 5 rings (SSSR count). The highest BCUT2D eigenvalue weighted by atomic mass is 35.5. The van der Waals surface area contributed by atoms with Crippen molar-refractivity contribution in [2.24, 2.45) is 0 Å². The largest absolute Gasteiger partial charge is 0.324 e. The van der Waals surface area contributed by atoms with E-state index in [1.54, 1.807) is 6.20 Å². The molecule has 0 spiro atoms. The number of pyridine rings is 1. The molecule has 1 N–H and O–H groups in total. The third-order valence-electron chi connectivity index (χ3n) is 6.17. The number of piperidine rings is 1. The van der Waals surface area contributed by atoms with Crippen molar-refractivity contribution < 1.29 is 0 Å². The first-order valence-corrected chi connectivity index (χ1v) is 10.7. The van der Waals surface area contributed by atoms with Gasteiger partial charge in [0.1, 0.15) is 11.0 Å². The Labute approximate surface area is 170 Å². The maximum Gasteiger partial charge on any atom is 0.129 e. The van der Waals surface area contributed by atoms with Gasteiger partial charge >= 0.3 is 0 Å². The smallest absolute Gasteiger partial charge is 0.129 e. The summed E-state index contributed by atoms with van der Waals surface area (Å²) in [4.78, 5) is 11.7. The zero-order valence-electron chi connectivity index (χ0n) is 16.0. The van der Waals surface area contributed by atoms with E-state index in [2.05, 4.69) is 50.1 Å². The number of hydrogen-bond donors (Lipinski definition) is 1. The zero-order chi connectivity index (χ0) is 18.9. The highest BCUT2D eigenvalue weighted by Gasteiger charge is 2.29. The number of rotatable bonds is 4. The molecule has 146 valence electrons. The minimum atomic E-state index is 0.528. The second-order valence-electron chi connectivity index (χ2n) is 8.01. The van der Waals surface area contributed by atoms with E-state index in [1.807, 2.05) is 6.07 Å². The molecule has 0 saturated carbocycles. The Bertz CT molecular complexity index is 954. The standard InChI is InChI=1S/C22H26ClN5/c23-21-13-16(5-10-25-21)15-27-11-7-18(8-12-27)28-20-4-2-1-3-19(20)26-22(28)17-6-9-24-14-17/h1-5,10,13,17-18,24H,6-9,11-12,14-15H2. The number of fused-ring (bicyclic) bond motifs is 1. The fourth-order valence-corrected chi connectivity index (χ4v) is 4.94. The first-order valence-electron chi connectivity index (χ1n) is 10.3. The van der Waals surface area contributed by atoms with E-state index in [-0.39, 0.29) is 0 Å². The van der Waals surface area contributed by atoms with Crippen LogP contribution in [0, 0.1) is 0 Å². The van der Waals surface area contributed by atoms with Crippen molar-refractivity contribution in [1.82, 2.24) is 24.8 Å². The molecule has 5 nitrogen and oxygen atoms in total. The number of hydrogen-bond acceptors (Lipinski definition) is 4. The second kappa shape index (κ2) is 7.82. The van der Waals surface area contributed by atoms with E-state index in [0.717, 1.165) is 51.1 Å². The Morgan fingerprint density at radius 2 is 1.96 bits per heavy atom. The van der Waals surface area contributed by atoms with E-state index in [9.17, 15) is 0 Å². The van der Waals surface area contributed by atoms with Gasteiger partial charge in [-0.05, 0) is 55.6 Å². The van der Waals surface area contributed by atoms with Crippen LogP contribution in [0.5, 0.6) is 0 Å². The van der Waals surface area contributed by atoms with E-state index >= 15 is 0 Å². The first-order chi connectivity index (χ1) is 13.8. The molecule has 0 aliphatic carbocycles. The topological polar surface area (TPSA) is 46.0 Å². The highest BCUT2D eigenvalue weighted by Crippen LogP contribution is 2.33. The van der Waals surface area contributed by atoms with Gasteiger partial charge < -0.3 is 9.88 Å². The Kier molecular flexibility index (Phi) is 5.05. The fourth-order valence-electron chi connectivity index (χ4n) is 4.74. The Morgan fingerprint density at radius 3 is 2.75 bits per heavy atom. The summed E-state index contributed by atoms with van der Waals surface area (Å²) in [6.07, 6.45) is 5.30. The van der Waals surface area contributed by atoms with Crippen molar-refractivity contribution in [3.8, 4) is 0 Å². The summed E-state index contributed by atoms with van der Waals surface area (Å²) in [5.41, 5.74) is 3.67. The van der Waals surface area contributed by atoms with Crippen LogP contribution in [-0.4, -0.2) is 45.6 Å². The van der Waals surface area contributed by atoms with Gasteiger partial charge in [0.25, 0.3) is 0 Å². The number of imidazole rings is 1. The summed E-state index contributed by atoms with van der Waals surface area (Å²) in [7, 11) is 0. The molecular formula is C22H26ClN5. The van der Waals surface area contributed by atoms with Gasteiger partial charge in [-0.3, -0.25) is 4.90 Å². The minimum absolute atomic E-state index is 0.528. The molecule has 1 aromatic carbocycles. The molecule has 4 heterocycles. The summed E-state index contributed by atoms with van der Waals surface area (Å²) >= 11 is 6.04. The average molecular weight is 396 g/mol. The zero-order valence-corrected chi connectivity index (χ0v) is 16.8. The van der Waals surface area contributed by atoms with E-state index in [4.69, 9.17) is 16.6 Å². The third-order valence-corrected chi connectivity index (χ3v) is 6.37. The van der Waals surface area contributed by atoms with Gasteiger partial charge in [0.2, 0.25) is 0 Å². The summed E-state index contributed by atoms with van der Waals surface area (Å²) in [6.45, 7) is 5.28. The van der Waals surface area contributed by atoms with Gasteiger partial charge in [0, 0.05) is 44.3 Å². The molecule has 1 atom stereocenters. The number of nitrogens with zero attached hydrogens (tertiary/aromatic N) is 4. The van der Waals surface area contributed by atoms with Crippen molar-refractivity contribution in [1.29, 1.82) is 0 Å². The summed E-state index contributed by atoms with van der Waals surface area (Å²) in [5, 5.41) is 4.08. The van der Waals surface area contributed by atoms with Crippen molar-refractivity contribution in [2.45, 2.75) is 37.8 Å². The Hall–Kier alpha value is -1.95. The third kappa shape index (κ3) is 3.54. The van der Waals surface area contributed by atoms with E-state index in [1.165, 1.54) is 23.3 Å². The number of halogens is 1. The SMILES string of the molecule is Clc1cc(CN2CCC(n3c(C4CCNC4)nc4ccccc43)CC2)ccn1. The fraction of sp³-hybridized carbons (Fsp3) is 0.455. The number of benzene rings is 1. The maximum atomic E-state index is 6.04. The van der Waals surface area contributed by atoms with E-state index in [0.29, 0.717) is 17.1 Å². The number of nitrogens with one attached hydrogen (secondary N) is 1. The summed E-state index contributed by atoms with van der Waals surface area (Å²) in [6, 6.07) is 13.2. The molecule has 6 heteroatoms. The predicted molar refractivity (Wildman–Crippen MR) is 113 cm³/mol. The van der Waals surface area contributed by atoms with Crippen molar-refractivity contribution in [3.05, 3.63) is 59.1 Å². The number of likely N-dealkylation sites (tertiary alicyclic amines) is 1. The molecule has 2 aromatic heterocycles. The molecule has 0 amide bonds.